The molecule has 2 aromatic carbocycles. The summed E-state index contributed by atoms with van der Waals surface area (Å²) in [5.74, 6) is 0.769. The van der Waals surface area contributed by atoms with Gasteiger partial charge in [-0.1, -0.05) is 41.9 Å². The number of benzene rings is 2. The summed E-state index contributed by atoms with van der Waals surface area (Å²) in [7, 11) is 6.92. The first-order valence-corrected chi connectivity index (χ1v) is 16.8. The van der Waals surface area contributed by atoms with Gasteiger partial charge in [-0.05, 0) is 68.9 Å². The van der Waals surface area contributed by atoms with Crippen LogP contribution in [0.1, 0.15) is 25.3 Å². The van der Waals surface area contributed by atoms with E-state index in [0.717, 1.165) is 17.7 Å². The number of nitrogens with zero attached hydrogens (tertiary/aromatic N) is 4. The SMILES string of the molecule is C=CC(=O)Nc1cc(C2=CCN(C(C)=O)CC2)ccc1Nc1cc2c(cn1)cc(-c1c(Cl)c(OC)cc(OC)c1Cl)c(=O)n2CCCN(C)C. The van der Waals surface area contributed by atoms with Crippen molar-refractivity contribution < 1.29 is 19.1 Å². The highest BCUT2D eigenvalue weighted by Gasteiger charge is 2.23. The lowest BCUT2D eigenvalue weighted by atomic mass is 9.98. The van der Waals surface area contributed by atoms with Crippen LogP contribution in [0.4, 0.5) is 17.2 Å². The number of ether oxygens (including phenoxy) is 2. The average Bonchev–Trinajstić information content (AvgIpc) is 3.10. The van der Waals surface area contributed by atoms with Crippen molar-refractivity contribution in [3.8, 4) is 22.6 Å². The maximum Gasteiger partial charge on any atom is 0.259 e. The molecule has 0 aliphatic carbocycles. The molecule has 4 aromatic rings. The van der Waals surface area contributed by atoms with E-state index in [1.807, 2.05) is 38.4 Å². The Morgan fingerprint density at radius 1 is 1.06 bits per heavy atom. The van der Waals surface area contributed by atoms with E-state index in [4.69, 9.17) is 32.7 Å². The van der Waals surface area contributed by atoms with Crippen molar-refractivity contribution in [2.75, 3.05) is 58.6 Å². The number of carbonyl (C=O) groups is 2. The van der Waals surface area contributed by atoms with Gasteiger partial charge in [0.1, 0.15) is 17.3 Å². The Kier molecular flexibility index (Phi) is 11.5. The molecular weight excluding hydrogens is 679 g/mol. The molecule has 0 bridgehead atoms. The van der Waals surface area contributed by atoms with Crippen molar-refractivity contribution in [3.05, 3.63) is 87.3 Å². The molecule has 1 aliphatic heterocycles. The number of hydrogen-bond acceptors (Lipinski definition) is 8. The summed E-state index contributed by atoms with van der Waals surface area (Å²) in [5.41, 5.74) is 4.08. The number of aromatic nitrogens is 2. The molecule has 5 rings (SSSR count). The topological polar surface area (TPSA) is 118 Å². The zero-order valence-electron chi connectivity index (χ0n) is 28.7. The van der Waals surface area contributed by atoms with E-state index in [-0.39, 0.29) is 33.0 Å². The van der Waals surface area contributed by atoms with Crippen molar-refractivity contribution in [1.29, 1.82) is 0 Å². The minimum absolute atomic E-state index is 0.0362. The molecule has 11 nitrogen and oxygen atoms in total. The molecule has 3 heterocycles. The fourth-order valence-electron chi connectivity index (χ4n) is 5.90. The number of aryl methyl sites for hydroxylation is 1. The Labute approximate surface area is 301 Å². The van der Waals surface area contributed by atoms with Crippen molar-refractivity contribution in [2.45, 2.75) is 26.3 Å². The molecule has 0 saturated heterocycles. The van der Waals surface area contributed by atoms with Crippen molar-refractivity contribution in [3.63, 3.8) is 0 Å². The Hall–Kier alpha value is -4.84. The van der Waals surface area contributed by atoms with Crippen molar-refractivity contribution in [2.24, 2.45) is 0 Å². The summed E-state index contributed by atoms with van der Waals surface area (Å²) in [6.45, 7) is 7.48. The number of fused-ring (bicyclic) bond motifs is 1. The normalized spacial score (nSPS) is 12.9. The van der Waals surface area contributed by atoms with Crippen molar-refractivity contribution >= 4 is 68.7 Å². The number of hydrogen-bond donors (Lipinski definition) is 2. The highest BCUT2D eigenvalue weighted by Crippen LogP contribution is 2.45. The molecule has 1 aliphatic rings. The lowest BCUT2D eigenvalue weighted by Gasteiger charge is -2.26. The van der Waals surface area contributed by atoms with Crippen LogP contribution in [0, 0.1) is 0 Å². The Morgan fingerprint density at radius 2 is 1.78 bits per heavy atom. The second-order valence-electron chi connectivity index (χ2n) is 12.1. The third kappa shape index (κ3) is 7.80. The van der Waals surface area contributed by atoms with E-state index >= 15 is 0 Å². The van der Waals surface area contributed by atoms with E-state index in [0.29, 0.717) is 77.6 Å². The number of pyridine rings is 2. The number of halogens is 2. The number of amides is 2. The lowest BCUT2D eigenvalue weighted by Crippen LogP contribution is -2.32. The first-order valence-electron chi connectivity index (χ1n) is 16.0. The maximum atomic E-state index is 14.3. The van der Waals surface area contributed by atoms with Gasteiger partial charge in [-0.3, -0.25) is 14.4 Å². The Balaban J connectivity index is 1.59. The van der Waals surface area contributed by atoms with Crippen molar-refractivity contribution in [1.82, 2.24) is 19.4 Å². The van der Waals surface area contributed by atoms with Gasteiger partial charge in [0.25, 0.3) is 5.56 Å². The third-order valence-electron chi connectivity index (χ3n) is 8.56. The van der Waals surface area contributed by atoms with Gasteiger partial charge in [0.2, 0.25) is 11.8 Å². The molecule has 0 unspecified atom stereocenters. The van der Waals surface area contributed by atoms with Crippen LogP contribution in [0.2, 0.25) is 10.0 Å². The maximum absolute atomic E-state index is 14.3. The monoisotopic (exact) mass is 718 g/mol. The molecule has 2 amide bonds. The molecule has 2 aromatic heterocycles. The van der Waals surface area contributed by atoms with E-state index in [2.05, 4.69) is 27.1 Å². The molecule has 0 fully saturated rings. The molecule has 0 atom stereocenters. The van der Waals surface area contributed by atoms with Crippen LogP contribution in [0.5, 0.6) is 11.5 Å². The molecule has 0 radical (unpaired) electrons. The summed E-state index contributed by atoms with van der Waals surface area (Å²) in [6.07, 6.45) is 6.30. The molecule has 262 valence electrons. The summed E-state index contributed by atoms with van der Waals surface area (Å²) >= 11 is 13.5. The second kappa shape index (κ2) is 15.8. The van der Waals surface area contributed by atoms with E-state index in [1.165, 1.54) is 20.3 Å². The number of anilines is 3. The van der Waals surface area contributed by atoms with E-state index in [9.17, 15) is 14.4 Å². The summed E-state index contributed by atoms with van der Waals surface area (Å²) < 4.78 is 12.6. The highest BCUT2D eigenvalue weighted by atomic mass is 35.5. The predicted molar refractivity (Wildman–Crippen MR) is 201 cm³/mol. The third-order valence-corrected chi connectivity index (χ3v) is 9.31. The molecule has 0 saturated carbocycles. The smallest absolute Gasteiger partial charge is 0.259 e. The van der Waals surface area contributed by atoms with Crippen LogP contribution in [0.15, 0.2) is 66.1 Å². The lowest BCUT2D eigenvalue weighted by molar-refractivity contribution is -0.128. The van der Waals surface area contributed by atoms with Crippen LogP contribution >= 0.6 is 23.2 Å². The largest absolute Gasteiger partial charge is 0.495 e. The Bertz CT molecular complexity index is 2030. The van der Waals surface area contributed by atoms with Gasteiger partial charge >= 0.3 is 0 Å². The van der Waals surface area contributed by atoms with Crippen LogP contribution in [0.3, 0.4) is 0 Å². The molecular formula is C37H40Cl2N6O5. The van der Waals surface area contributed by atoms with Crippen LogP contribution < -0.4 is 25.7 Å². The van der Waals surface area contributed by atoms with Gasteiger partial charge in [-0.25, -0.2) is 4.98 Å². The van der Waals surface area contributed by atoms with Gasteiger partial charge < -0.3 is 34.5 Å². The van der Waals surface area contributed by atoms with E-state index in [1.54, 1.807) is 40.8 Å². The number of methoxy groups -OCH3 is 2. The van der Waals surface area contributed by atoms with Gasteiger partial charge in [-0.2, -0.15) is 0 Å². The minimum Gasteiger partial charge on any atom is -0.495 e. The van der Waals surface area contributed by atoms with Crippen LogP contribution in [-0.4, -0.2) is 79.1 Å². The fourth-order valence-corrected chi connectivity index (χ4v) is 6.61. The van der Waals surface area contributed by atoms with Gasteiger partial charge in [0, 0.05) is 55.8 Å². The molecule has 2 N–H and O–H groups in total. The van der Waals surface area contributed by atoms with Crippen LogP contribution in [-0.2, 0) is 16.1 Å². The standard InChI is InChI=1S/C37H40Cl2N6O5/c1-7-33(47)42-28-18-24(23-11-15-44(16-12-23)22(2)46)9-10-27(28)41-32-19-29-25(21-40-32)17-26(37(48)45(29)14-8-13-43(3)4)34-35(38)30(49-5)20-31(50-6)36(34)39/h7,9-11,17-21H,1,8,12-16H2,2-6H3,(H,40,41)(H,42,47). The summed E-state index contributed by atoms with van der Waals surface area (Å²) in [4.78, 5) is 47.1. The highest BCUT2D eigenvalue weighted by molar-refractivity contribution is 6.41. The predicted octanol–water partition coefficient (Wildman–Crippen LogP) is 6.84. The fraction of sp³-hybridized carbons (Fsp3) is 0.297. The molecule has 0 spiro atoms. The first-order chi connectivity index (χ1) is 23.9. The van der Waals surface area contributed by atoms with Crippen LogP contribution in [0.25, 0.3) is 27.6 Å². The number of carbonyl (C=O) groups excluding carboxylic acids is 2. The number of rotatable bonds is 12. The zero-order valence-corrected chi connectivity index (χ0v) is 30.2. The molecule has 50 heavy (non-hydrogen) atoms. The molecule has 13 heteroatoms. The quantitative estimate of drug-likeness (QED) is 0.153. The van der Waals surface area contributed by atoms with E-state index < -0.39 is 0 Å². The van der Waals surface area contributed by atoms with Gasteiger partial charge in [0.05, 0.1) is 46.7 Å². The van der Waals surface area contributed by atoms with Gasteiger partial charge in [0.15, 0.2) is 0 Å². The minimum atomic E-state index is -0.370. The average molecular weight is 720 g/mol. The summed E-state index contributed by atoms with van der Waals surface area (Å²) in [5, 5.41) is 7.29. The zero-order chi connectivity index (χ0) is 36.1. The Morgan fingerprint density at radius 3 is 2.38 bits per heavy atom. The summed E-state index contributed by atoms with van der Waals surface area (Å²) in [6, 6.07) is 10.8. The first kappa shape index (κ1) is 36.4. The second-order valence-corrected chi connectivity index (χ2v) is 12.9. The van der Waals surface area contributed by atoms with Gasteiger partial charge in [-0.15, -0.1) is 0 Å². The number of nitrogens with one attached hydrogen (secondary N) is 2.